The number of amides is 1. The number of hydrogen-bond donors (Lipinski definition) is 2. The molecule has 9 rings (SSSR count). The van der Waals surface area contributed by atoms with E-state index < -0.39 is 5.54 Å². The van der Waals surface area contributed by atoms with Crippen molar-refractivity contribution < 1.29 is 9.53 Å². The van der Waals surface area contributed by atoms with Crippen LogP contribution in [0.5, 0.6) is 5.75 Å². The van der Waals surface area contributed by atoms with Crippen molar-refractivity contribution >= 4 is 11.6 Å². The van der Waals surface area contributed by atoms with E-state index in [4.69, 9.17) is 9.84 Å². The Hall–Kier alpha value is -3.44. The first-order valence-corrected chi connectivity index (χ1v) is 17.5. The highest BCUT2D eigenvalue weighted by Crippen LogP contribution is 2.60. The average molecular weight is 602 g/mol. The summed E-state index contributed by atoms with van der Waals surface area (Å²) in [6, 6.07) is 27.4. The van der Waals surface area contributed by atoms with Crippen LogP contribution in [0, 0.1) is 17.8 Å². The van der Waals surface area contributed by atoms with E-state index in [0.29, 0.717) is 11.1 Å². The average Bonchev–Trinajstić information content (AvgIpc) is 3.05. The fourth-order valence-corrected chi connectivity index (χ4v) is 10.4. The third-order valence-electron chi connectivity index (χ3n) is 12.1. The third-order valence-corrected chi connectivity index (χ3v) is 12.1. The molecule has 5 nitrogen and oxygen atoms in total. The van der Waals surface area contributed by atoms with Gasteiger partial charge in [-0.05, 0) is 117 Å². The Bertz CT molecular complexity index is 1540. The van der Waals surface area contributed by atoms with Gasteiger partial charge in [-0.15, -0.1) is 0 Å². The van der Waals surface area contributed by atoms with Crippen LogP contribution in [0.15, 0.2) is 84.0 Å². The Morgan fingerprint density at radius 1 is 0.844 bits per heavy atom. The van der Waals surface area contributed by atoms with Gasteiger partial charge in [0.1, 0.15) is 23.6 Å². The zero-order valence-corrected chi connectivity index (χ0v) is 26.7. The number of rotatable bonds is 7. The lowest BCUT2D eigenvalue weighted by atomic mass is 9.48. The number of nitrogens with one attached hydrogen (secondary N) is 2. The summed E-state index contributed by atoms with van der Waals surface area (Å²) in [5.74, 6) is 3.50. The van der Waals surface area contributed by atoms with Gasteiger partial charge in [-0.25, -0.2) is 5.43 Å². The molecule has 0 aromatic heterocycles. The molecule has 0 radical (unpaired) electrons. The van der Waals surface area contributed by atoms with E-state index in [1.807, 2.05) is 43.3 Å². The molecule has 1 amide bonds. The van der Waals surface area contributed by atoms with Crippen molar-refractivity contribution in [2.45, 2.75) is 100 Å². The summed E-state index contributed by atoms with van der Waals surface area (Å²) in [4.78, 5) is 14.1. The van der Waals surface area contributed by atoms with E-state index in [9.17, 15) is 4.79 Å². The van der Waals surface area contributed by atoms with E-state index in [-0.39, 0.29) is 18.1 Å². The molecule has 1 heterocycles. The second-order valence-electron chi connectivity index (χ2n) is 15.3. The molecule has 5 aliphatic carbocycles. The van der Waals surface area contributed by atoms with Crippen molar-refractivity contribution in [2.24, 2.45) is 22.9 Å². The molecule has 1 spiro atoms. The first-order chi connectivity index (χ1) is 21.9. The van der Waals surface area contributed by atoms with Gasteiger partial charge < -0.3 is 4.74 Å². The molecular weight excluding hydrogens is 554 g/mol. The summed E-state index contributed by atoms with van der Waals surface area (Å²) in [5, 5.41) is 8.59. The Morgan fingerprint density at radius 2 is 1.49 bits per heavy atom. The number of carbonyl (C=O) groups excluding carboxylic acids is 1. The summed E-state index contributed by atoms with van der Waals surface area (Å²) in [6.45, 7) is 2.29. The predicted octanol–water partition coefficient (Wildman–Crippen LogP) is 7.82. The van der Waals surface area contributed by atoms with Crippen molar-refractivity contribution in [1.82, 2.24) is 10.7 Å². The molecule has 5 heteroatoms. The highest BCUT2D eigenvalue weighted by molar-refractivity contribution is 6.02. The molecule has 3 aromatic carbocycles. The van der Waals surface area contributed by atoms with Crippen molar-refractivity contribution in [2.75, 3.05) is 6.61 Å². The molecule has 6 aliphatic rings. The normalized spacial score (nSPS) is 31.4. The highest BCUT2D eigenvalue weighted by Gasteiger charge is 2.52. The predicted molar refractivity (Wildman–Crippen MR) is 179 cm³/mol. The third kappa shape index (κ3) is 5.41. The van der Waals surface area contributed by atoms with Crippen molar-refractivity contribution in [1.29, 1.82) is 0 Å². The fraction of sp³-hybridized carbons (Fsp3) is 0.500. The van der Waals surface area contributed by atoms with Crippen LogP contribution in [0.1, 0.15) is 99.8 Å². The highest BCUT2D eigenvalue weighted by atomic mass is 16.5. The van der Waals surface area contributed by atoms with E-state index in [1.165, 1.54) is 68.9 Å². The van der Waals surface area contributed by atoms with Crippen molar-refractivity contribution in [3.63, 3.8) is 0 Å². The van der Waals surface area contributed by atoms with Crippen LogP contribution in [0.25, 0.3) is 0 Å². The monoisotopic (exact) mass is 601 g/mol. The number of nitrogens with zero attached hydrogens (tertiary/aromatic N) is 1. The first kappa shape index (κ1) is 29.0. The molecule has 2 N–H and O–H groups in total. The molecule has 1 atom stereocenters. The van der Waals surface area contributed by atoms with Gasteiger partial charge in [0.15, 0.2) is 0 Å². The van der Waals surface area contributed by atoms with Gasteiger partial charge in [0.2, 0.25) is 0 Å². The molecule has 5 fully saturated rings. The fourth-order valence-electron chi connectivity index (χ4n) is 10.4. The minimum absolute atomic E-state index is 0.0455. The minimum Gasteiger partial charge on any atom is -0.487 e. The SMILES string of the molecule is C[C@@]1(C(=O)N/N=C(/COc2ccc(C34CC5CC(CC(C5)C3)C4)cc2)c2ccccc2)NC2(CCCCC2)Cc2ccccc21. The first-order valence-electron chi connectivity index (χ1n) is 17.5. The standard InChI is InChI=1S/C40H47N3O2/c1-38(35-13-7-6-12-32(35)26-40(43-38)18-8-3-9-19-40)37(44)42-41-36(31-10-4-2-5-11-31)27-45-34-16-14-33(15-17-34)39-23-28-20-29(24-39)22-30(21-28)25-39/h2,4-7,10-17,28-30,43H,3,8-9,18-27H2,1H3,(H,42,44)/b41-36-/t28?,29?,30?,38-,39?/m1/s1. The van der Waals surface area contributed by atoms with Gasteiger partial charge in [0, 0.05) is 11.1 Å². The van der Waals surface area contributed by atoms with Crippen molar-refractivity contribution in [3.05, 3.63) is 101 Å². The zero-order valence-electron chi connectivity index (χ0n) is 26.7. The molecule has 0 saturated heterocycles. The lowest BCUT2D eigenvalue weighted by Crippen LogP contribution is -2.65. The van der Waals surface area contributed by atoms with Crippen LogP contribution in [-0.4, -0.2) is 23.8 Å². The van der Waals surface area contributed by atoms with Crippen LogP contribution in [0.4, 0.5) is 0 Å². The maximum atomic E-state index is 14.1. The second kappa shape index (κ2) is 11.4. The van der Waals surface area contributed by atoms with Crippen LogP contribution in [0.3, 0.4) is 0 Å². The Labute approximate surface area is 268 Å². The number of ether oxygens (including phenoxy) is 1. The minimum atomic E-state index is -0.870. The van der Waals surface area contributed by atoms with Crippen LogP contribution >= 0.6 is 0 Å². The summed E-state index contributed by atoms with van der Waals surface area (Å²) in [7, 11) is 0. The second-order valence-corrected chi connectivity index (χ2v) is 15.3. The lowest BCUT2D eigenvalue weighted by molar-refractivity contribution is -0.129. The quantitative estimate of drug-likeness (QED) is 0.214. The maximum Gasteiger partial charge on any atom is 0.264 e. The number of benzene rings is 3. The van der Waals surface area contributed by atoms with Crippen LogP contribution in [-0.2, 0) is 22.2 Å². The molecule has 3 aromatic rings. The Kier molecular flexibility index (Phi) is 7.36. The Morgan fingerprint density at radius 3 is 2.18 bits per heavy atom. The number of carbonyl (C=O) groups is 1. The number of hydrogen-bond acceptors (Lipinski definition) is 4. The summed E-state index contributed by atoms with van der Waals surface area (Å²) in [6.07, 6.45) is 15.3. The smallest absolute Gasteiger partial charge is 0.264 e. The van der Waals surface area contributed by atoms with Gasteiger partial charge in [0.05, 0.1) is 0 Å². The van der Waals surface area contributed by atoms with Gasteiger partial charge in [0.25, 0.3) is 5.91 Å². The molecular formula is C40H47N3O2. The van der Waals surface area contributed by atoms with E-state index in [0.717, 1.165) is 53.9 Å². The summed E-state index contributed by atoms with van der Waals surface area (Å²) < 4.78 is 6.35. The molecule has 5 saturated carbocycles. The summed E-state index contributed by atoms with van der Waals surface area (Å²) >= 11 is 0. The van der Waals surface area contributed by atoms with Crippen LogP contribution < -0.4 is 15.5 Å². The Balaban J connectivity index is 1.01. The molecule has 0 unspecified atom stereocenters. The zero-order chi connectivity index (χ0) is 30.5. The van der Waals surface area contributed by atoms with E-state index in [1.54, 1.807) is 0 Å². The van der Waals surface area contributed by atoms with E-state index in [2.05, 4.69) is 53.2 Å². The van der Waals surface area contributed by atoms with Gasteiger partial charge in [-0.1, -0.05) is 86.0 Å². The largest absolute Gasteiger partial charge is 0.487 e. The van der Waals surface area contributed by atoms with Crippen LogP contribution in [0.2, 0.25) is 0 Å². The van der Waals surface area contributed by atoms with Crippen molar-refractivity contribution in [3.8, 4) is 5.75 Å². The van der Waals surface area contributed by atoms with E-state index >= 15 is 0 Å². The van der Waals surface area contributed by atoms with Gasteiger partial charge in [-0.3, -0.25) is 10.1 Å². The van der Waals surface area contributed by atoms with Gasteiger partial charge >= 0.3 is 0 Å². The molecule has 1 aliphatic heterocycles. The lowest BCUT2D eigenvalue weighted by Gasteiger charge is -2.57. The number of fused-ring (bicyclic) bond motifs is 1. The topological polar surface area (TPSA) is 62.7 Å². The maximum absolute atomic E-state index is 14.1. The number of hydrazone groups is 1. The van der Waals surface area contributed by atoms with Gasteiger partial charge in [-0.2, -0.15) is 5.10 Å². The molecule has 234 valence electrons. The molecule has 45 heavy (non-hydrogen) atoms. The summed E-state index contributed by atoms with van der Waals surface area (Å²) in [5.41, 5.74) is 7.90. The molecule has 4 bridgehead atoms.